The Kier molecular flexibility index (Phi) is 4.80. The van der Waals surface area contributed by atoms with Gasteiger partial charge in [-0.05, 0) is 25.1 Å². The molecule has 2 aromatic heterocycles. The lowest BCUT2D eigenvalue weighted by molar-refractivity contribution is -0.115. The first kappa shape index (κ1) is 18.6. The summed E-state index contributed by atoms with van der Waals surface area (Å²) in [5, 5.41) is 12.0. The second-order valence-corrected chi connectivity index (χ2v) is 8.02. The van der Waals surface area contributed by atoms with E-state index in [-0.39, 0.29) is 5.91 Å². The van der Waals surface area contributed by atoms with Crippen molar-refractivity contribution in [1.29, 1.82) is 0 Å². The third-order valence-electron chi connectivity index (χ3n) is 4.68. The molecule has 0 radical (unpaired) electrons. The highest BCUT2D eigenvalue weighted by molar-refractivity contribution is 8.00. The summed E-state index contributed by atoms with van der Waals surface area (Å²) in [6, 6.07) is 13.2. The van der Waals surface area contributed by atoms with Crippen molar-refractivity contribution in [1.82, 2.24) is 15.2 Å². The predicted octanol–water partition coefficient (Wildman–Crippen LogP) is 4.11. The monoisotopic (exact) mass is 422 g/mol. The van der Waals surface area contributed by atoms with Crippen LogP contribution in [0.3, 0.4) is 0 Å². The molecule has 8 nitrogen and oxygen atoms in total. The Balaban J connectivity index is 1.26. The molecule has 0 saturated carbocycles. The number of benzene rings is 2. The molecule has 1 aliphatic heterocycles. The van der Waals surface area contributed by atoms with E-state index in [9.17, 15) is 4.79 Å². The van der Waals surface area contributed by atoms with Crippen LogP contribution in [0.25, 0.3) is 22.4 Å². The Hall–Kier alpha value is -3.46. The third-order valence-corrected chi connectivity index (χ3v) is 5.62. The van der Waals surface area contributed by atoms with Crippen LogP contribution in [-0.4, -0.2) is 39.6 Å². The number of nitrogens with zero attached hydrogens (tertiary/aromatic N) is 2. The number of hydrogen-bond acceptors (Lipinski definition) is 7. The minimum absolute atomic E-state index is 0.177. The lowest BCUT2D eigenvalue weighted by atomic mass is 10.2. The van der Waals surface area contributed by atoms with Crippen LogP contribution >= 0.6 is 11.8 Å². The summed E-state index contributed by atoms with van der Waals surface area (Å²) in [6.07, 6.45) is 1.84. The maximum Gasteiger partial charge on any atom is 0.277 e. The van der Waals surface area contributed by atoms with Gasteiger partial charge in [0.15, 0.2) is 11.5 Å². The minimum Gasteiger partial charge on any atom is -0.486 e. The van der Waals surface area contributed by atoms with Gasteiger partial charge >= 0.3 is 0 Å². The molecule has 1 atom stereocenters. The highest BCUT2D eigenvalue weighted by Gasteiger charge is 2.21. The van der Waals surface area contributed by atoms with Crippen molar-refractivity contribution in [3.63, 3.8) is 0 Å². The van der Waals surface area contributed by atoms with Crippen molar-refractivity contribution in [2.75, 3.05) is 18.5 Å². The average molecular weight is 422 g/mol. The van der Waals surface area contributed by atoms with Crippen LogP contribution in [0.1, 0.15) is 6.92 Å². The number of hydrogen-bond donors (Lipinski definition) is 2. The highest BCUT2D eigenvalue weighted by atomic mass is 32.2. The summed E-state index contributed by atoms with van der Waals surface area (Å²) >= 11 is 1.20. The first-order valence-electron chi connectivity index (χ1n) is 9.44. The van der Waals surface area contributed by atoms with Crippen molar-refractivity contribution in [3.05, 3.63) is 48.7 Å². The number of H-pyrrole nitrogens is 1. The van der Waals surface area contributed by atoms with Crippen LogP contribution in [0.2, 0.25) is 0 Å². The van der Waals surface area contributed by atoms with Crippen LogP contribution in [-0.2, 0) is 4.79 Å². The molecule has 9 heteroatoms. The molecule has 0 spiro atoms. The molecule has 0 bridgehead atoms. The van der Waals surface area contributed by atoms with Crippen LogP contribution in [0.4, 0.5) is 5.69 Å². The van der Waals surface area contributed by atoms with Crippen molar-refractivity contribution < 1.29 is 18.7 Å². The zero-order valence-electron chi connectivity index (χ0n) is 16.0. The first-order valence-corrected chi connectivity index (χ1v) is 10.3. The number of aromatic amines is 1. The van der Waals surface area contributed by atoms with Crippen molar-refractivity contribution in [2.45, 2.75) is 17.4 Å². The SMILES string of the molecule is C[C@@H](Sc1nnc(-c2c[nH]c3ccccc23)o1)C(=O)Nc1ccc2c(c1)OCCO2. The normalized spacial score (nSPS) is 13.9. The quantitative estimate of drug-likeness (QED) is 0.467. The summed E-state index contributed by atoms with van der Waals surface area (Å²) in [4.78, 5) is 15.8. The van der Waals surface area contributed by atoms with Crippen LogP contribution in [0.15, 0.2) is 58.3 Å². The van der Waals surface area contributed by atoms with E-state index in [1.807, 2.05) is 30.5 Å². The summed E-state index contributed by atoms with van der Waals surface area (Å²) in [5.41, 5.74) is 2.46. The molecule has 0 unspecified atom stereocenters. The topological polar surface area (TPSA) is 102 Å². The van der Waals surface area contributed by atoms with Gasteiger partial charge < -0.3 is 24.2 Å². The molecule has 1 aliphatic rings. The van der Waals surface area contributed by atoms with Gasteiger partial charge in [0.25, 0.3) is 11.1 Å². The first-order chi connectivity index (χ1) is 14.7. The fraction of sp³-hybridized carbons (Fsp3) is 0.190. The van der Waals surface area contributed by atoms with Gasteiger partial charge in [-0.15, -0.1) is 10.2 Å². The average Bonchev–Trinajstić information content (AvgIpc) is 3.40. The maximum atomic E-state index is 12.6. The fourth-order valence-electron chi connectivity index (χ4n) is 3.18. The molecule has 0 aliphatic carbocycles. The van der Waals surface area contributed by atoms with Crippen molar-refractivity contribution >= 4 is 34.3 Å². The lowest BCUT2D eigenvalue weighted by Crippen LogP contribution is -2.22. The minimum atomic E-state index is -0.436. The van der Waals surface area contributed by atoms with E-state index >= 15 is 0 Å². The number of rotatable bonds is 5. The van der Waals surface area contributed by atoms with Gasteiger partial charge in [0, 0.05) is 28.9 Å². The Bertz CT molecular complexity index is 1220. The Labute approximate surface area is 176 Å². The number of fused-ring (bicyclic) bond motifs is 2. The number of para-hydroxylation sites is 1. The van der Waals surface area contributed by atoms with Gasteiger partial charge in [0.2, 0.25) is 5.91 Å². The number of anilines is 1. The van der Waals surface area contributed by atoms with Crippen molar-refractivity contribution in [2.24, 2.45) is 0 Å². The summed E-state index contributed by atoms with van der Waals surface area (Å²) in [7, 11) is 0. The summed E-state index contributed by atoms with van der Waals surface area (Å²) < 4.78 is 16.8. The molecule has 2 aromatic carbocycles. The van der Waals surface area contributed by atoms with E-state index in [1.54, 1.807) is 25.1 Å². The fourth-order valence-corrected chi connectivity index (χ4v) is 3.87. The van der Waals surface area contributed by atoms with Gasteiger partial charge in [0.05, 0.1) is 10.8 Å². The highest BCUT2D eigenvalue weighted by Crippen LogP contribution is 2.34. The molecule has 2 N–H and O–H groups in total. The Morgan fingerprint density at radius 3 is 2.87 bits per heavy atom. The van der Waals surface area contributed by atoms with Gasteiger partial charge in [-0.25, -0.2) is 0 Å². The van der Waals surface area contributed by atoms with Gasteiger partial charge in [-0.3, -0.25) is 4.79 Å². The van der Waals surface area contributed by atoms with E-state index in [4.69, 9.17) is 13.9 Å². The van der Waals surface area contributed by atoms with Crippen LogP contribution in [0.5, 0.6) is 11.5 Å². The molecule has 152 valence electrons. The molecular weight excluding hydrogens is 404 g/mol. The number of thioether (sulfide) groups is 1. The molecule has 0 saturated heterocycles. The molecule has 30 heavy (non-hydrogen) atoms. The van der Waals surface area contributed by atoms with Gasteiger partial charge in [-0.1, -0.05) is 30.0 Å². The van der Waals surface area contributed by atoms with Crippen LogP contribution in [0, 0.1) is 0 Å². The summed E-state index contributed by atoms with van der Waals surface area (Å²) in [6.45, 7) is 2.80. The van der Waals surface area contributed by atoms with E-state index in [2.05, 4.69) is 20.5 Å². The molecular formula is C21H18N4O4S. The van der Waals surface area contributed by atoms with E-state index in [1.165, 1.54) is 11.8 Å². The summed E-state index contributed by atoms with van der Waals surface area (Å²) in [5.74, 6) is 1.54. The number of carbonyl (C=O) groups is 1. The smallest absolute Gasteiger partial charge is 0.277 e. The van der Waals surface area contributed by atoms with Crippen LogP contribution < -0.4 is 14.8 Å². The number of ether oxygens (including phenoxy) is 2. The van der Waals surface area contributed by atoms with E-state index in [0.29, 0.717) is 41.5 Å². The Morgan fingerprint density at radius 1 is 1.13 bits per heavy atom. The second kappa shape index (κ2) is 7.75. The maximum absolute atomic E-state index is 12.6. The number of nitrogens with one attached hydrogen (secondary N) is 2. The number of amides is 1. The molecule has 0 fully saturated rings. The van der Waals surface area contributed by atoms with Gasteiger partial charge in [-0.2, -0.15) is 0 Å². The third kappa shape index (κ3) is 3.59. The molecule has 5 rings (SSSR count). The molecule has 3 heterocycles. The van der Waals surface area contributed by atoms with E-state index in [0.717, 1.165) is 16.5 Å². The molecule has 1 amide bonds. The standard InChI is InChI=1S/C21H18N4O4S/c1-12(19(26)23-13-6-7-17-18(10-13)28-9-8-27-17)30-21-25-24-20(29-21)15-11-22-16-5-3-2-4-14(15)16/h2-7,10-12,22H,8-9H2,1H3,(H,23,26)/t12-/m1/s1. The van der Waals surface area contributed by atoms with E-state index < -0.39 is 5.25 Å². The van der Waals surface area contributed by atoms with Crippen molar-refractivity contribution in [3.8, 4) is 23.0 Å². The zero-order chi connectivity index (χ0) is 20.5. The predicted molar refractivity (Wildman–Crippen MR) is 113 cm³/mol. The largest absolute Gasteiger partial charge is 0.486 e. The second-order valence-electron chi connectivity index (χ2n) is 6.73. The molecule has 4 aromatic rings. The number of carbonyl (C=O) groups excluding carboxylic acids is 1. The number of aromatic nitrogens is 3. The Morgan fingerprint density at radius 2 is 1.97 bits per heavy atom. The van der Waals surface area contributed by atoms with Gasteiger partial charge in [0.1, 0.15) is 13.2 Å². The lowest BCUT2D eigenvalue weighted by Gasteiger charge is -2.19. The zero-order valence-corrected chi connectivity index (χ0v) is 16.9.